The molecule has 0 saturated carbocycles. The number of hydrogen-bond acceptors (Lipinski definition) is 3. The normalized spacial score (nSPS) is 11.8. The average molecular weight is 324 g/mol. The van der Waals surface area contributed by atoms with Crippen molar-refractivity contribution in [3.63, 3.8) is 0 Å². The number of benzene rings is 1. The van der Waals surface area contributed by atoms with Crippen molar-refractivity contribution in [3.8, 4) is 0 Å². The Morgan fingerprint density at radius 2 is 2.09 bits per heavy atom. The van der Waals surface area contributed by atoms with Gasteiger partial charge in [0.25, 0.3) is 0 Å². The van der Waals surface area contributed by atoms with Gasteiger partial charge in [0.05, 0.1) is 0 Å². The van der Waals surface area contributed by atoms with E-state index in [0.29, 0.717) is 12.1 Å². The molecule has 0 radical (unpaired) electrons. The van der Waals surface area contributed by atoms with Crippen molar-refractivity contribution in [1.29, 1.82) is 0 Å². The van der Waals surface area contributed by atoms with Crippen LogP contribution in [0.4, 0.5) is 4.39 Å². The van der Waals surface area contributed by atoms with E-state index in [1.54, 1.807) is 27.1 Å². The molecule has 0 unspecified atom stereocenters. The number of guanidine groups is 1. The summed E-state index contributed by atoms with van der Waals surface area (Å²) in [7, 11) is 5.56. The van der Waals surface area contributed by atoms with Crippen molar-refractivity contribution in [2.24, 2.45) is 4.99 Å². The molecule has 130 valence electrons. The van der Waals surface area contributed by atoms with Crippen molar-refractivity contribution in [1.82, 2.24) is 15.5 Å². The summed E-state index contributed by atoms with van der Waals surface area (Å²) in [4.78, 5) is 6.45. The van der Waals surface area contributed by atoms with Crippen molar-refractivity contribution in [2.75, 3.05) is 47.4 Å². The Hall–Kier alpha value is -1.66. The van der Waals surface area contributed by atoms with Crippen LogP contribution in [-0.4, -0.2) is 58.3 Å². The van der Waals surface area contributed by atoms with Gasteiger partial charge >= 0.3 is 0 Å². The lowest BCUT2D eigenvalue weighted by Crippen LogP contribution is -2.40. The van der Waals surface area contributed by atoms with Crippen LogP contribution in [0.1, 0.15) is 17.5 Å². The van der Waals surface area contributed by atoms with Gasteiger partial charge < -0.3 is 20.3 Å². The maximum absolute atomic E-state index is 13.2. The van der Waals surface area contributed by atoms with Crippen molar-refractivity contribution < 1.29 is 9.13 Å². The molecule has 1 aromatic rings. The molecule has 0 bridgehead atoms. The SMILES string of the molecule is CN=C(NCCN(C)CCCOC)NCc1ccc(F)c(C)c1. The first kappa shape index (κ1) is 19.4. The van der Waals surface area contributed by atoms with Gasteiger partial charge in [0.1, 0.15) is 5.82 Å². The molecule has 0 amide bonds. The Morgan fingerprint density at radius 3 is 2.74 bits per heavy atom. The largest absolute Gasteiger partial charge is 0.385 e. The van der Waals surface area contributed by atoms with E-state index in [1.807, 2.05) is 6.07 Å². The topological polar surface area (TPSA) is 48.9 Å². The number of methoxy groups -OCH3 is 1. The summed E-state index contributed by atoms with van der Waals surface area (Å²) in [5.41, 5.74) is 1.69. The first-order chi connectivity index (χ1) is 11.1. The number of rotatable bonds is 9. The molecule has 0 saturated heterocycles. The molecular weight excluding hydrogens is 295 g/mol. The van der Waals surface area contributed by atoms with Crippen LogP contribution in [0.3, 0.4) is 0 Å². The summed E-state index contributed by atoms with van der Waals surface area (Å²) in [6.07, 6.45) is 1.03. The predicted molar refractivity (Wildman–Crippen MR) is 93.3 cm³/mol. The molecule has 2 N–H and O–H groups in total. The molecule has 0 aliphatic carbocycles. The number of hydrogen-bond donors (Lipinski definition) is 2. The zero-order valence-corrected chi connectivity index (χ0v) is 14.7. The van der Waals surface area contributed by atoms with Gasteiger partial charge in [0, 0.05) is 46.9 Å². The highest BCUT2D eigenvalue weighted by atomic mass is 19.1. The standard InChI is InChI=1S/C17H29FN4O/c1-14-12-15(6-7-16(14)18)13-21-17(19-2)20-8-10-22(3)9-5-11-23-4/h6-7,12H,5,8-11,13H2,1-4H3,(H2,19,20,21). The maximum atomic E-state index is 13.2. The molecule has 0 aromatic heterocycles. The molecule has 0 aliphatic heterocycles. The number of halogens is 1. The van der Waals surface area contributed by atoms with Crippen molar-refractivity contribution in [2.45, 2.75) is 19.9 Å². The van der Waals surface area contributed by atoms with E-state index < -0.39 is 0 Å². The zero-order chi connectivity index (χ0) is 17.1. The molecule has 0 spiro atoms. The van der Waals surface area contributed by atoms with E-state index in [0.717, 1.165) is 44.2 Å². The molecular formula is C17H29FN4O. The van der Waals surface area contributed by atoms with Crippen LogP contribution < -0.4 is 10.6 Å². The molecule has 0 aliphatic rings. The van der Waals surface area contributed by atoms with Gasteiger partial charge in [-0.05, 0) is 37.6 Å². The van der Waals surface area contributed by atoms with Crippen molar-refractivity contribution in [3.05, 3.63) is 35.1 Å². The number of ether oxygens (including phenoxy) is 1. The Bertz CT molecular complexity index is 493. The number of nitrogens with zero attached hydrogens (tertiary/aromatic N) is 2. The van der Waals surface area contributed by atoms with Gasteiger partial charge in [-0.2, -0.15) is 0 Å². The highest BCUT2D eigenvalue weighted by Crippen LogP contribution is 2.08. The third-order valence-electron chi connectivity index (χ3n) is 3.58. The van der Waals surface area contributed by atoms with E-state index >= 15 is 0 Å². The maximum Gasteiger partial charge on any atom is 0.191 e. The number of likely N-dealkylation sites (N-methyl/N-ethyl adjacent to an activating group) is 1. The van der Waals surface area contributed by atoms with Gasteiger partial charge in [0.2, 0.25) is 0 Å². The van der Waals surface area contributed by atoms with Crippen LogP contribution in [0.15, 0.2) is 23.2 Å². The highest BCUT2D eigenvalue weighted by molar-refractivity contribution is 5.79. The summed E-state index contributed by atoms with van der Waals surface area (Å²) in [5, 5.41) is 6.52. The van der Waals surface area contributed by atoms with Crippen molar-refractivity contribution >= 4 is 5.96 Å². The van der Waals surface area contributed by atoms with Gasteiger partial charge in [-0.25, -0.2) is 4.39 Å². The third-order valence-corrected chi connectivity index (χ3v) is 3.58. The Morgan fingerprint density at radius 1 is 1.30 bits per heavy atom. The lowest BCUT2D eigenvalue weighted by molar-refractivity contribution is 0.180. The average Bonchev–Trinajstić information content (AvgIpc) is 2.54. The van der Waals surface area contributed by atoms with Crippen LogP contribution in [0.25, 0.3) is 0 Å². The molecule has 1 aromatic carbocycles. The molecule has 6 heteroatoms. The number of aryl methyl sites for hydroxylation is 1. The smallest absolute Gasteiger partial charge is 0.191 e. The minimum absolute atomic E-state index is 0.173. The Balaban J connectivity index is 2.28. The van der Waals surface area contributed by atoms with Gasteiger partial charge in [-0.15, -0.1) is 0 Å². The van der Waals surface area contributed by atoms with Crippen LogP contribution in [0.2, 0.25) is 0 Å². The molecule has 1 rings (SSSR count). The zero-order valence-electron chi connectivity index (χ0n) is 14.7. The second kappa shape index (κ2) is 11.0. The molecule has 0 atom stereocenters. The lowest BCUT2D eigenvalue weighted by Gasteiger charge is -2.18. The second-order valence-electron chi connectivity index (χ2n) is 5.59. The van der Waals surface area contributed by atoms with E-state index in [9.17, 15) is 4.39 Å². The van der Waals surface area contributed by atoms with E-state index in [1.165, 1.54) is 6.07 Å². The Labute approximate surface area is 138 Å². The summed E-state index contributed by atoms with van der Waals surface area (Å²) in [6, 6.07) is 5.13. The monoisotopic (exact) mass is 324 g/mol. The van der Waals surface area contributed by atoms with Crippen LogP contribution >= 0.6 is 0 Å². The summed E-state index contributed by atoms with van der Waals surface area (Å²) in [5.74, 6) is 0.574. The molecule has 5 nitrogen and oxygen atoms in total. The van der Waals surface area contributed by atoms with Gasteiger partial charge in [-0.1, -0.05) is 12.1 Å². The highest BCUT2D eigenvalue weighted by Gasteiger charge is 2.02. The Kier molecular flexibility index (Phi) is 9.24. The fourth-order valence-corrected chi connectivity index (χ4v) is 2.18. The fraction of sp³-hybridized carbons (Fsp3) is 0.588. The van der Waals surface area contributed by atoms with Crippen LogP contribution in [-0.2, 0) is 11.3 Å². The molecule has 0 fully saturated rings. The minimum Gasteiger partial charge on any atom is -0.385 e. The second-order valence-corrected chi connectivity index (χ2v) is 5.59. The third kappa shape index (κ3) is 7.95. The van der Waals surface area contributed by atoms with Gasteiger partial charge in [0.15, 0.2) is 5.96 Å². The molecule has 0 heterocycles. The summed E-state index contributed by atoms with van der Waals surface area (Å²) >= 11 is 0. The van der Waals surface area contributed by atoms with Crippen LogP contribution in [0, 0.1) is 12.7 Å². The lowest BCUT2D eigenvalue weighted by atomic mass is 10.1. The van der Waals surface area contributed by atoms with E-state index in [4.69, 9.17) is 4.74 Å². The van der Waals surface area contributed by atoms with Crippen LogP contribution in [0.5, 0.6) is 0 Å². The summed E-state index contributed by atoms with van der Waals surface area (Å²) in [6.45, 7) is 5.93. The fourth-order valence-electron chi connectivity index (χ4n) is 2.18. The van der Waals surface area contributed by atoms with E-state index in [2.05, 4.69) is 27.6 Å². The minimum atomic E-state index is -0.173. The number of nitrogens with one attached hydrogen (secondary N) is 2. The van der Waals surface area contributed by atoms with E-state index in [-0.39, 0.29) is 5.82 Å². The first-order valence-electron chi connectivity index (χ1n) is 7.94. The quantitative estimate of drug-likeness (QED) is 0.413. The van der Waals surface area contributed by atoms with Gasteiger partial charge in [-0.3, -0.25) is 4.99 Å². The number of aliphatic imine (C=N–C) groups is 1. The molecule has 23 heavy (non-hydrogen) atoms. The predicted octanol–water partition coefficient (Wildman–Crippen LogP) is 1.77. The first-order valence-corrected chi connectivity index (χ1v) is 7.94. The summed E-state index contributed by atoms with van der Waals surface area (Å²) < 4.78 is 18.3.